The van der Waals surface area contributed by atoms with E-state index in [1.54, 1.807) is 25.1 Å². The summed E-state index contributed by atoms with van der Waals surface area (Å²) in [5, 5.41) is 13.7. The molecule has 9 heteroatoms. The second kappa shape index (κ2) is 6.18. The maximum Gasteiger partial charge on any atom is 0.275 e. The van der Waals surface area contributed by atoms with Crippen LogP contribution in [0.4, 0.5) is 5.69 Å². The largest absolute Gasteiger partial charge is 0.494 e. The number of nitrogens with zero attached hydrogens (tertiary/aromatic N) is 6. The molecule has 2 heterocycles. The molecule has 0 radical (unpaired) electrons. The van der Waals surface area contributed by atoms with E-state index in [4.69, 9.17) is 4.74 Å². The molecule has 0 aliphatic carbocycles. The molecule has 3 aromatic rings. The van der Waals surface area contributed by atoms with Crippen LogP contribution < -0.4 is 10.1 Å². The number of hydrogen-bond acceptors (Lipinski definition) is 7. The number of benzene rings is 1. The summed E-state index contributed by atoms with van der Waals surface area (Å²) in [5.74, 6) is 0.109. The molecule has 0 bridgehead atoms. The van der Waals surface area contributed by atoms with Crippen LogP contribution in [0.1, 0.15) is 16.2 Å². The second-order valence-corrected chi connectivity index (χ2v) is 4.64. The fourth-order valence-electron chi connectivity index (χ4n) is 1.90. The Kier molecular flexibility index (Phi) is 3.91. The molecule has 9 nitrogen and oxygen atoms in total. The van der Waals surface area contributed by atoms with Gasteiger partial charge in [-0.3, -0.25) is 9.78 Å². The molecule has 2 aromatic heterocycles. The summed E-state index contributed by atoms with van der Waals surface area (Å²) in [7, 11) is 1.51. The fourth-order valence-corrected chi connectivity index (χ4v) is 1.90. The van der Waals surface area contributed by atoms with Crippen LogP contribution in [0.15, 0.2) is 36.9 Å². The van der Waals surface area contributed by atoms with Gasteiger partial charge in [-0.15, -0.1) is 5.10 Å². The lowest BCUT2D eigenvalue weighted by atomic mass is 10.2. The Labute approximate surface area is 131 Å². The zero-order valence-electron chi connectivity index (χ0n) is 12.5. The van der Waals surface area contributed by atoms with Gasteiger partial charge in [0.1, 0.15) is 17.8 Å². The molecule has 0 aliphatic heterocycles. The number of carbonyl (C=O) groups excluding carboxylic acids is 1. The van der Waals surface area contributed by atoms with E-state index in [0.717, 1.165) is 5.69 Å². The van der Waals surface area contributed by atoms with Crippen molar-refractivity contribution < 1.29 is 9.53 Å². The average molecular weight is 311 g/mol. The van der Waals surface area contributed by atoms with Crippen molar-refractivity contribution in [1.29, 1.82) is 0 Å². The summed E-state index contributed by atoms with van der Waals surface area (Å²) in [5.41, 5.74) is 2.18. The van der Waals surface area contributed by atoms with Crippen molar-refractivity contribution in [3.05, 3.63) is 48.3 Å². The van der Waals surface area contributed by atoms with E-state index < -0.39 is 0 Å². The highest BCUT2D eigenvalue weighted by atomic mass is 16.5. The molecule has 23 heavy (non-hydrogen) atoms. The monoisotopic (exact) mass is 311 g/mol. The molecule has 0 saturated heterocycles. The van der Waals surface area contributed by atoms with Crippen LogP contribution in [0.25, 0.3) is 5.69 Å². The minimum Gasteiger partial charge on any atom is -0.494 e. The fraction of sp³-hybridized carbons (Fsp3) is 0.143. The Morgan fingerprint density at radius 2 is 2.13 bits per heavy atom. The highest BCUT2D eigenvalue weighted by molar-refractivity contribution is 6.03. The number of carbonyl (C=O) groups is 1. The third-order valence-electron chi connectivity index (χ3n) is 3.06. The Morgan fingerprint density at radius 3 is 2.78 bits per heavy atom. The van der Waals surface area contributed by atoms with Gasteiger partial charge in [-0.25, -0.2) is 9.67 Å². The summed E-state index contributed by atoms with van der Waals surface area (Å²) < 4.78 is 6.79. The van der Waals surface area contributed by atoms with Crippen molar-refractivity contribution in [2.45, 2.75) is 6.92 Å². The lowest BCUT2D eigenvalue weighted by Gasteiger charge is -2.11. The molecule has 1 amide bonds. The molecule has 0 atom stereocenters. The average Bonchev–Trinajstić information content (AvgIpc) is 3.10. The standard InChI is InChI=1S/C14H13N7O2/c1-9-6-16-12(7-15-9)14(22)18-11-4-3-10(5-13(11)23-2)21-8-17-19-20-21/h3-8H,1-2H3,(H,18,22). The van der Waals surface area contributed by atoms with E-state index in [0.29, 0.717) is 17.1 Å². The second-order valence-electron chi connectivity index (χ2n) is 4.64. The number of aryl methyl sites for hydroxylation is 1. The van der Waals surface area contributed by atoms with E-state index in [1.807, 2.05) is 0 Å². The molecule has 116 valence electrons. The number of rotatable bonds is 4. The van der Waals surface area contributed by atoms with E-state index in [1.165, 1.54) is 30.5 Å². The molecule has 0 spiro atoms. The SMILES string of the molecule is COc1cc(-n2cnnn2)ccc1NC(=O)c1cnc(C)cn1. The first-order valence-electron chi connectivity index (χ1n) is 6.69. The topological polar surface area (TPSA) is 108 Å². The van der Waals surface area contributed by atoms with Gasteiger partial charge < -0.3 is 10.1 Å². The number of nitrogens with one attached hydrogen (secondary N) is 1. The van der Waals surface area contributed by atoms with Gasteiger partial charge in [-0.2, -0.15) is 0 Å². The number of methoxy groups -OCH3 is 1. The van der Waals surface area contributed by atoms with Crippen LogP contribution in [0.2, 0.25) is 0 Å². The normalized spacial score (nSPS) is 10.3. The molecule has 0 aliphatic rings. The van der Waals surface area contributed by atoms with E-state index in [9.17, 15) is 4.79 Å². The number of hydrogen-bond donors (Lipinski definition) is 1. The Hall–Kier alpha value is -3.36. The molecule has 0 fully saturated rings. The van der Waals surface area contributed by atoms with Gasteiger partial charge in [-0.1, -0.05) is 0 Å². The van der Waals surface area contributed by atoms with Crippen LogP contribution in [0, 0.1) is 6.92 Å². The summed E-state index contributed by atoms with van der Waals surface area (Å²) in [6.45, 7) is 1.80. The third kappa shape index (κ3) is 3.12. The molecule has 0 saturated carbocycles. The smallest absolute Gasteiger partial charge is 0.275 e. The van der Waals surface area contributed by atoms with E-state index in [-0.39, 0.29) is 11.6 Å². The highest BCUT2D eigenvalue weighted by Gasteiger charge is 2.12. The molecule has 0 unspecified atom stereocenters. The van der Waals surface area contributed by atoms with Crippen molar-refractivity contribution >= 4 is 11.6 Å². The van der Waals surface area contributed by atoms with Crippen molar-refractivity contribution in [2.75, 3.05) is 12.4 Å². The van der Waals surface area contributed by atoms with Crippen LogP contribution in [0.5, 0.6) is 5.75 Å². The van der Waals surface area contributed by atoms with Crippen LogP contribution in [0.3, 0.4) is 0 Å². The first-order valence-corrected chi connectivity index (χ1v) is 6.69. The van der Waals surface area contributed by atoms with Crippen molar-refractivity contribution in [2.24, 2.45) is 0 Å². The van der Waals surface area contributed by atoms with Gasteiger partial charge >= 0.3 is 0 Å². The summed E-state index contributed by atoms with van der Waals surface area (Å²) in [4.78, 5) is 20.3. The third-order valence-corrected chi connectivity index (χ3v) is 3.06. The van der Waals surface area contributed by atoms with Gasteiger partial charge in [-0.05, 0) is 29.5 Å². The zero-order valence-corrected chi connectivity index (χ0v) is 12.5. The number of aromatic nitrogens is 6. The van der Waals surface area contributed by atoms with Gasteiger partial charge in [0.25, 0.3) is 5.91 Å². The Morgan fingerprint density at radius 1 is 1.26 bits per heavy atom. The summed E-state index contributed by atoms with van der Waals surface area (Å²) >= 11 is 0. The summed E-state index contributed by atoms with van der Waals surface area (Å²) in [6, 6.07) is 5.18. The quantitative estimate of drug-likeness (QED) is 0.766. The minimum absolute atomic E-state index is 0.224. The lowest BCUT2D eigenvalue weighted by molar-refractivity contribution is 0.102. The predicted molar refractivity (Wildman–Crippen MR) is 80.4 cm³/mol. The highest BCUT2D eigenvalue weighted by Crippen LogP contribution is 2.27. The summed E-state index contributed by atoms with van der Waals surface area (Å²) in [6.07, 6.45) is 4.43. The van der Waals surface area contributed by atoms with Crippen LogP contribution in [-0.2, 0) is 0 Å². The van der Waals surface area contributed by atoms with E-state index >= 15 is 0 Å². The first-order chi connectivity index (χ1) is 11.2. The van der Waals surface area contributed by atoms with Crippen LogP contribution >= 0.6 is 0 Å². The van der Waals surface area contributed by atoms with Crippen molar-refractivity contribution in [3.63, 3.8) is 0 Å². The molecular weight excluding hydrogens is 298 g/mol. The Balaban J connectivity index is 1.85. The first kappa shape index (κ1) is 14.6. The molecule has 1 aromatic carbocycles. The number of amides is 1. The predicted octanol–water partition coefficient (Wildman–Crippen LogP) is 1.02. The van der Waals surface area contributed by atoms with Crippen LogP contribution in [-0.4, -0.2) is 43.2 Å². The maximum absolute atomic E-state index is 12.2. The van der Waals surface area contributed by atoms with Crippen molar-refractivity contribution in [1.82, 2.24) is 30.2 Å². The van der Waals surface area contributed by atoms with Gasteiger partial charge in [0, 0.05) is 12.3 Å². The van der Waals surface area contributed by atoms with Gasteiger partial charge in [0.15, 0.2) is 0 Å². The zero-order chi connectivity index (χ0) is 16.2. The molecule has 3 rings (SSSR count). The van der Waals surface area contributed by atoms with Crippen molar-refractivity contribution in [3.8, 4) is 11.4 Å². The van der Waals surface area contributed by atoms with Gasteiger partial charge in [0.2, 0.25) is 0 Å². The minimum atomic E-state index is -0.369. The lowest BCUT2D eigenvalue weighted by Crippen LogP contribution is -2.15. The van der Waals surface area contributed by atoms with E-state index in [2.05, 4.69) is 30.8 Å². The molecule has 1 N–H and O–H groups in total. The number of anilines is 1. The number of ether oxygens (including phenoxy) is 1. The Bertz CT molecular complexity index is 816. The maximum atomic E-state index is 12.2. The molecular formula is C14H13N7O2. The number of tetrazole rings is 1. The van der Waals surface area contributed by atoms with Gasteiger partial charge in [0.05, 0.1) is 30.4 Å².